The number of para-hydroxylation sites is 1. The molecule has 0 saturated carbocycles. The number of aryl methyl sites for hydroxylation is 2. The van der Waals surface area contributed by atoms with Crippen LogP contribution in [0.15, 0.2) is 54.2 Å². The molecular formula is C21H21N3O4. The topological polar surface area (TPSA) is 98.7 Å². The Labute approximate surface area is 162 Å². The van der Waals surface area contributed by atoms with Crippen molar-refractivity contribution in [3.05, 3.63) is 70.9 Å². The molecule has 1 heterocycles. The summed E-state index contributed by atoms with van der Waals surface area (Å²) in [6, 6.07) is 12.5. The van der Waals surface area contributed by atoms with Crippen LogP contribution >= 0.6 is 0 Å². The van der Waals surface area contributed by atoms with Crippen molar-refractivity contribution >= 4 is 29.1 Å². The van der Waals surface area contributed by atoms with Gasteiger partial charge in [0.15, 0.2) is 0 Å². The molecule has 0 radical (unpaired) electrons. The number of nitrogens with one attached hydrogen (secondary N) is 2. The highest BCUT2D eigenvalue weighted by Gasteiger charge is 2.31. The summed E-state index contributed by atoms with van der Waals surface area (Å²) in [6.45, 7) is 3.50. The minimum atomic E-state index is -0.538. The maximum absolute atomic E-state index is 12.8. The number of rotatable bonds is 6. The number of carbonyl (C=O) groups excluding carboxylic acids is 3. The predicted octanol–water partition coefficient (Wildman–Crippen LogP) is 2.21. The van der Waals surface area contributed by atoms with Crippen molar-refractivity contribution in [1.29, 1.82) is 0 Å². The average Bonchev–Trinajstić information content (AvgIpc) is 2.92. The number of hydrogen-bond acceptors (Lipinski definition) is 5. The standard InChI is InChI=1S/C21H21N3O4/c1-13-7-8-16(14(2)11-13)23-20(27)15-5-3-4-6-17(15)22-18-12-19(26)24(9-10-25)21(18)28/h3-8,11-12,22,25H,9-10H2,1-2H3,(H,23,27). The molecule has 2 aromatic carbocycles. The normalized spacial score (nSPS) is 13.5. The SMILES string of the molecule is Cc1ccc(NC(=O)c2ccccc2NC2=CC(=O)N(CCO)C2=O)c(C)c1. The largest absolute Gasteiger partial charge is 0.395 e. The van der Waals surface area contributed by atoms with Crippen LogP contribution in [-0.4, -0.2) is 40.9 Å². The van der Waals surface area contributed by atoms with Gasteiger partial charge in [-0.05, 0) is 37.6 Å². The Morgan fingerprint density at radius 2 is 1.82 bits per heavy atom. The van der Waals surface area contributed by atoms with Crippen molar-refractivity contribution < 1.29 is 19.5 Å². The Morgan fingerprint density at radius 1 is 1.07 bits per heavy atom. The first kappa shape index (κ1) is 19.3. The molecule has 3 amide bonds. The molecule has 0 spiro atoms. The van der Waals surface area contributed by atoms with Crippen LogP contribution < -0.4 is 10.6 Å². The number of aliphatic hydroxyl groups is 1. The molecule has 144 valence electrons. The molecule has 0 bridgehead atoms. The fraction of sp³-hybridized carbons (Fsp3) is 0.190. The summed E-state index contributed by atoms with van der Waals surface area (Å²) < 4.78 is 0. The van der Waals surface area contributed by atoms with Crippen LogP contribution in [0.3, 0.4) is 0 Å². The third-order valence-electron chi connectivity index (χ3n) is 4.40. The van der Waals surface area contributed by atoms with Crippen molar-refractivity contribution in [2.75, 3.05) is 23.8 Å². The van der Waals surface area contributed by atoms with Crippen molar-refractivity contribution in [1.82, 2.24) is 4.90 Å². The van der Waals surface area contributed by atoms with Gasteiger partial charge in [0.25, 0.3) is 17.7 Å². The van der Waals surface area contributed by atoms with Gasteiger partial charge in [-0.15, -0.1) is 0 Å². The fourth-order valence-corrected chi connectivity index (χ4v) is 2.99. The minimum absolute atomic E-state index is 0.0604. The molecule has 0 aromatic heterocycles. The van der Waals surface area contributed by atoms with Crippen molar-refractivity contribution in [3.8, 4) is 0 Å². The molecule has 1 aliphatic heterocycles. The molecule has 7 nitrogen and oxygen atoms in total. The highest BCUT2D eigenvalue weighted by atomic mass is 16.3. The first-order valence-corrected chi connectivity index (χ1v) is 8.83. The number of benzene rings is 2. The van der Waals surface area contributed by atoms with Crippen LogP contribution in [0.4, 0.5) is 11.4 Å². The van der Waals surface area contributed by atoms with Gasteiger partial charge < -0.3 is 15.7 Å². The highest BCUT2D eigenvalue weighted by Crippen LogP contribution is 2.23. The van der Waals surface area contributed by atoms with E-state index in [-0.39, 0.29) is 24.8 Å². The van der Waals surface area contributed by atoms with Crippen LogP contribution in [0.2, 0.25) is 0 Å². The molecule has 7 heteroatoms. The number of β-amino-alcohol motifs (C(OH)–C–C–N with tert-alkyl or cyclic N) is 1. The van der Waals surface area contributed by atoms with Gasteiger partial charge in [-0.3, -0.25) is 19.3 Å². The Kier molecular flexibility index (Phi) is 5.56. The van der Waals surface area contributed by atoms with Gasteiger partial charge in [-0.2, -0.15) is 0 Å². The molecule has 0 aliphatic carbocycles. The van der Waals surface area contributed by atoms with Crippen LogP contribution in [0.5, 0.6) is 0 Å². The van der Waals surface area contributed by atoms with Gasteiger partial charge in [-0.1, -0.05) is 29.8 Å². The third kappa shape index (κ3) is 3.94. The van der Waals surface area contributed by atoms with E-state index in [1.807, 2.05) is 32.0 Å². The zero-order valence-electron chi connectivity index (χ0n) is 15.7. The minimum Gasteiger partial charge on any atom is -0.395 e. The Morgan fingerprint density at radius 3 is 2.54 bits per heavy atom. The molecule has 28 heavy (non-hydrogen) atoms. The summed E-state index contributed by atoms with van der Waals surface area (Å²) in [5.74, 6) is -1.37. The molecule has 0 fully saturated rings. The summed E-state index contributed by atoms with van der Waals surface area (Å²) in [7, 11) is 0. The van der Waals surface area contributed by atoms with E-state index in [4.69, 9.17) is 5.11 Å². The summed E-state index contributed by atoms with van der Waals surface area (Å²) in [6.07, 6.45) is 1.16. The van der Waals surface area contributed by atoms with Gasteiger partial charge in [0.05, 0.1) is 24.4 Å². The zero-order valence-corrected chi connectivity index (χ0v) is 15.7. The monoisotopic (exact) mass is 379 g/mol. The summed E-state index contributed by atoms with van der Waals surface area (Å²) in [5, 5.41) is 14.7. The molecule has 3 rings (SSSR count). The summed E-state index contributed by atoms with van der Waals surface area (Å²) >= 11 is 0. The van der Waals surface area contributed by atoms with Crippen LogP contribution in [-0.2, 0) is 9.59 Å². The van der Waals surface area contributed by atoms with E-state index >= 15 is 0 Å². The van der Waals surface area contributed by atoms with E-state index < -0.39 is 11.8 Å². The summed E-state index contributed by atoms with van der Waals surface area (Å²) in [4.78, 5) is 38.0. The number of imide groups is 1. The second kappa shape index (κ2) is 8.06. The molecule has 2 aromatic rings. The number of nitrogens with zero attached hydrogens (tertiary/aromatic N) is 1. The predicted molar refractivity (Wildman–Crippen MR) is 106 cm³/mol. The lowest BCUT2D eigenvalue weighted by Gasteiger charge is -2.15. The van der Waals surface area contributed by atoms with Crippen molar-refractivity contribution in [2.45, 2.75) is 13.8 Å². The number of anilines is 2. The number of amides is 3. The van der Waals surface area contributed by atoms with Crippen molar-refractivity contribution in [3.63, 3.8) is 0 Å². The van der Waals surface area contributed by atoms with E-state index in [1.165, 1.54) is 0 Å². The van der Waals surface area contributed by atoms with Gasteiger partial charge in [0.1, 0.15) is 5.70 Å². The van der Waals surface area contributed by atoms with E-state index in [1.54, 1.807) is 24.3 Å². The molecule has 1 aliphatic rings. The van der Waals surface area contributed by atoms with E-state index in [2.05, 4.69) is 10.6 Å². The smallest absolute Gasteiger partial charge is 0.277 e. The lowest BCUT2D eigenvalue weighted by Crippen LogP contribution is -2.34. The Bertz CT molecular complexity index is 981. The number of aliphatic hydroxyl groups excluding tert-OH is 1. The first-order chi connectivity index (χ1) is 13.4. The molecule has 3 N–H and O–H groups in total. The van der Waals surface area contributed by atoms with Gasteiger partial charge >= 0.3 is 0 Å². The van der Waals surface area contributed by atoms with Gasteiger partial charge in [0.2, 0.25) is 0 Å². The fourth-order valence-electron chi connectivity index (χ4n) is 2.99. The first-order valence-electron chi connectivity index (χ1n) is 8.83. The van der Waals surface area contributed by atoms with E-state index in [0.717, 1.165) is 22.1 Å². The molecule has 0 saturated heterocycles. The summed E-state index contributed by atoms with van der Waals surface area (Å²) in [5.41, 5.74) is 3.54. The quantitative estimate of drug-likeness (QED) is 0.669. The lowest BCUT2D eigenvalue weighted by molar-refractivity contribution is -0.137. The van der Waals surface area contributed by atoms with Gasteiger partial charge in [-0.25, -0.2) is 0 Å². The van der Waals surface area contributed by atoms with Crippen LogP contribution in [0.1, 0.15) is 21.5 Å². The van der Waals surface area contributed by atoms with Crippen LogP contribution in [0, 0.1) is 13.8 Å². The van der Waals surface area contributed by atoms with Crippen LogP contribution in [0.25, 0.3) is 0 Å². The molecule has 0 atom stereocenters. The van der Waals surface area contributed by atoms with Crippen molar-refractivity contribution in [2.24, 2.45) is 0 Å². The number of carbonyl (C=O) groups is 3. The van der Waals surface area contributed by atoms with E-state index in [0.29, 0.717) is 16.9 Å². The maximum atomic E-state index is 12.8. The zero-order chi connectivity index (χ0) is 20.3. The average molecular weight is 379 g/mol. The third-order valence-corrected chi connectivity index (χ3v) is 4.40. The second-order valence-corrected chi connectivity index (χ2v) is 6.52. The van der Waals surface area contributed by atoms with E-state index in [9.17, 15) is 14.4 Å². The Hall–Kier alpha value is -3.45. The molecule has 0 unspecified atom stereocenters. The van der Waals surface area contributed by atoms with Gasteiger partial charge in [0, 0.05) is 11.8 Å². The lowest BCUT2D eigenvalue weighted by atomic mass is 10.1. The highest BCUT2D eigenvalue weighted by molar-refractivity contribution is 6.18. The second-order valence-electron chi connectivity index (χ2n) is 6.52. The number of hydrogen-bond donors (Lipinski definition) is 3. The molecular weight excluding hydrogens is 358 g/mol. The maximum Gasteiger partial charge on any atom is 0.277 e. The Balaban J connectivity index is 1.82.